The number of nitrogens with one attached hydrogen (secondary N) is 1. The fourth-order valence-corrected chi connectivity index (χ4v) is 3.21. The number of hydrogen-bond acceptors (Lipinski definition) is 6. The van der Waals surface area contributed by atoms with E-state index in [2.05, 4.69) is 26.3 Å². The second kappa shape index (κ2) is 7.49. The van der Waals surface area contributed by atoms with Crippen LogP contribution in [0.3, 0.4) is 0 Å². The Labute approximate surface area is 142 Å². The van der Waals surface area contributed by atoms with Gasteiger partial charge in [-0.3, -0.25) is 9.88 Å². The first-order valence-electron chi connectivity index (χ1n) is 8.19. The number of benzene rings is 1. The van der Waals surface area contributed by atoms with Crippen LogP contribution in [0.15, 0.2) is 30.6 Å². The first kappa shape index (κ1) is 16.5. The van der Waals surface area contributed by atoms with Gasteiger partial charge in [-0.25, -0.2) is 4.98 Å². The van der Waals surface area contributed by atoms with E-state index in [4.69, 9.17) is 9.47 Å². The molecule has 6 nitrogen and oxygen atoms in total. The predicted molar refractivity (Wildman–Crippen MR) is 93.5 cm³/mol. The average molecular weight is 328 g/mol. The number of hydrogen-bond donors (Lipinski definition) is 1. The van der Waals surface area contributed by atoms with Crippen LogP contribution in [0.2, 0.25) is 0 Å². The summed E-state index contributed by atoms with van der Waals surface area (Å²) in [6.07, 6.45) is 5.87. The summed E-state index contributed by atoms with van der Waals surface area (Å²) < 4.78 is 10.8. The molecule has 0 aliphatic carbocycles. The third-order valence-electron chi connectivity index (χ3n) is 4.48. The molecule has 0 saturated carbocycles. The van der Waals surface area contributed by atoms with Gasteiger partial charge in [0.15, 0.2) is 0 Å². The van der Waals surface area contributed by atoms with E-state index in [1.54, 1.807) is 20.4 Å². The maximum absolute atomic E-state index is 5.53. The number of nitrogens with zero attached hydrogens (tertiary/aromatic N) is 3. The van der Waals surface area contributed by atoms with Crippen LogP contribution in [0.4, 0.5) is 5.82 Å². The lowest BCUT2D eigenvalue weighted by Gasteiger charge is -2.25. The molecule has 2 aromatic rings. The van der Waals surface area contributed by atoms with Gasteiger partial charge in [-0.05, 0) is 25.5 Å². The highest BCUT2D eigenvalue weighted by Crippen LogP contribution is 2.34. The molecule has 0 unspecified atom stereocenters. The van der Waals surface area contributed by atoms with Crippen LogP contribution in [-0.2, 0) is 6.54 Å². The molecule has 1 saturated heterocycles. The fourth-order valence-electron chi connectivity index (χ4n) is 3.21. The van der Waals surface area contributed by atoms with Crippen molar-refractivity contribution < 1.29 is 9.47 Å². The smallest absolute Gasteiger partial charge is 0.144 e. The van der Waals surface area contributed by atoms with Crippen LogP contribution in [-0.4, -0.2) is 42.7 Å². The minimum absolute atomic E-state index is 0.289. The third-order valence-corrected chi connectivity index (χ3v) is 4.48. The predicted octanol–water partition coefficient (Wildman–Crippen LogP) is 2.87. The zero-order chi connectivity index (χ0) is 16.9. The van der Waals surface area contributed by atoms with E-state index in [0.717, 1.165) is 54.5 Å². The molecule has 2 heterocycles. The van der Waals surface area contributed by atoms with E-state index in [1.165, 1.54) is 0 Å². The molecule has 0 amide bonds. The second-order valence-corrected chi connectivity index (χ2v) is 5.89. The summed E-state index contributed by atoms with van der Waals surface area (Å²) in [4.78, 5) is 11.4. The molecule has 1 atom stereocenters. The SMILES string of the molecule is CNc1cncc([C@H]2CCCN2Cc2ccc(OC)cc2OC)n1. The Morgan fingerprint density at radius 1 is 1.25 bits per heavy atom. The van der Waals surface area contributed by atoms with Crippen molar-refractivity contribution in [3.63, 3.8) is 0 Å². The van der Waals surface area contributed by atoms with Gasteiger partial charge < -0.3 is 14.8 Å². The number of methoxy groups -OCH3 is 2. The van der Waals surface area contributed by atoms with Crippen molar-refractivity contribution >= 4 is 5.82 Å². The molecule has 6 heteroatoms. The van der Waals surface area contributed by atoms with E-state index in [1.807, 2.05) is 25.4 Å². The highest BCUT2D eigenvalue weighted by Gasteiger charge is 2.28. The average Bonchev–Trinajstić information content (AvgIpc) is 3.10. The molecule has 1 aromatic heterocycles. The van der Waals surface area contributed by atoms with E-state index < -0.39 is 0 Å². The van der Waals surface area contributed by atoms with Gasteiger partial charge in [0.2, 0.25) is 0 Å². The fraction of sp³-hybridized carbons (Fsp3) is 0.444. The maximum atomic E-state index is 5.53. The van der Waals surface area contributed by atoms with E-state index in [9.17, 15) is 0 Å². The molecular weight excluding hydrogens is 304 g/mol. The molecule has 1 fully saturated rings. The Morgan fingerprint density at radius 3 is 2.88 bits per heavy atom. The molecule has 1 aromatic carbocycles. The van der Waals surface area contributed by atoms with Crippen LogP contribution < -0.4 is 14.8 Å². The van der Waals surface area contributed by atoms with E-state index in [-0.39, 0.29) is 6.04 Å². The summed E-state index contributed by atoms with van der Waals surface area (Å²) in [5.41, 5.74) is 2.18. The van der Waals surface area contributed by atoms with Crippen molar-refractivity contribution in [1.29, 1.82) is 0 Å². The Bertz CT molecular complexity index is 692. The molecule has 1 aliphatic heterocycles. The molecular formula is C18H24N4O2. The largest absolute Gasteiger partial charge is 0.497 e. The minimum Gasteiger partial charge on any atom is -0.497 e. The third kappa shape index (κ3) is 3.43. The Morgan fingerprint density at radius 2 is 2.12 bits per heavy atom. The van der Waals surface area contributed by atoms with Crippen molar-refractivity contribution in [3.05, 3.63) is 41.9 Å². The quantitative estimate of drug-likeness (QED) is 0.880. The first-order chi connectivity index (χ1) is 11.7. The Hall–Kier alpha value is -2.34. The molecule has 128 valence electrons. The molecule has 0 radical (unpaired) electrons. The summed E-state index contributed by atoms with van der Waals surface area (Å²) in [6, 6.07) is 6.27. The van der Waals surface area contributed by atoms with Crippen LogP contribution in [0, 0.1) is 0 Å². The molecule has 1 aliphatic rings. The van der Waals surface area contributed by atoms with Crippen molar-refractivity contribution in [2.75, 3.05) is 33.1 Å². The summed E-state index contributed by atoms with van der Waals surface area (Å²) in [5, 5.41) is 3.06. The molecule has 0 bridgehead atoms. The van der Waals surface area contributed by atoms with Crippen LogP contribution in [0.5, 0.6) is 11.5 Å². The minimum atomic E-state index is 0.289. The molecule has 1 N–H and O–H groups in total. The number of aromatic nitrogens is 2. The zero-order valence-corrected chi connectivity index (χ0v) is 14.5. The first-order valence-corrected chi connectivity index (χ1v) is 8.19. The van der Waals surface area contributed by atoms with Crippen molar-refractivity contribution in [3.8, 4) is 11.5 Å². The van der Waals surface area contributed by atoms with Gasteiger partial charge in [-0.15, -0.1) is 0 Å². The zero-order valence-electron chi connectivity index (χ0n) is 14.5. The Balaban J connectivity index is 1.81. The summed E-state index contributed by atoms with van der Waals surface area (Å²) in [5.74, 6) is 2.47. The van der Waals surface area contributed by atoms with Crippen molar-refractivity contribution in [1.82, 2.24) is 14.9 Å². The Kier molecular flexibility index (Phi) is 5.15. The van der Waals surface area contributed by atoms with E-state index in [0.29, 0.717) is 0 Å². The number of rotatable bonds is 6. The maximum Gasteiger partial charge on any atom is 0.144 e. The second-order valence-electron chi connectivity index (χ2n) is 5.89. The van der Waals surface area contributed by atoms with Gasteiger partial charge in [0.25, 0.3) is 0 Å². The van der Waals surface area contributed by atoms with Crippen molar-refractivity contribution in [2.24, 2.45) is 0 Å². The molecule has 0 spiro atoms. The van der Waals surface area contributed by atoms with E-state index >= 15 is 0 Å². The highest BCUT2D eigenvalue weighted by molar-refractivity contribution is 5.41. The topological polar surface area (TPSA) is 59.5 Å². The molecule has 24 heavy (non-hydrogen) atoms. The van der Waals surface area contributed by atoms with Gasteiger partial charge in [0, 0.05) is 25.2 Å². The molecule has 3 rings (SSSR count). The lowest BCUT2D eigenvalue weighted by atomic mass is 10.1. The number of ether oxygens (including phenoxy) is 2. The van der Waals surface area contributed by atoms with Gasteiger partial charge in [0.1, 0.15) is 17.3 Å². The van der Waals surface area contributed by atoms with Crippen LogP contribution in [0.1, 0.15) is 30.1 Å². The monoisotopic (exact) mass is 328 g/mol. The number of likely N-dealkylation sites (tertiary alicyclic amines) is 1. The van der Waals surface area contributed by atoms with Crippen LogP contribution >= 0.6 is 0 Å². The lowest BCUT2D eigenvalue weighted by molar-refractivity contribution is 0.240. The number of anilines is 1. The summed E-state index contributed by atoms with van der Waals surface area (Å²) in [6.45, 7) is 1.87. The van der Waals surface area contributed by atoms with Gasteiger partial charge in [-0.1, -0.05) is 6.07 Å². The summed E-state index contributed by atoms with van der Waals surface area (Å²) >= 11 is 0. The lowest BCUT2D eigenvalue weighted by Crippen LogP contribution is -2.24. The van der Waals surface area contributed by atoms with Crippen LogP contribution in [0.25, 0.3) is 0 Å². The van der Waals surface area contributed by atoms with Gasteiger partial charge in [-0.2, -0.15) is 0 Å². The van der Waals surface area contributed by atoms with Crippen molar-refractivity contribution in [2.45, 2.75) is 25.4 Å². The normalized spacial score (nSPS) is 17.7. The standard InChI is InChI=1S/C18H24N4O2/c1-19-18-11-20-10-15(21-18)16-5-4-8-22(16)12-13-6-7-14(23-2)9-17(13)24-3/h6-7,9-11,16H,4-5,8,12H2,1-3H3,(H,19,21)/t16-/m1/s1. The van der Waals surface area contributed by atoms with Gasteiger partial charge in [0.05, 0.1) is 38.3 Å². The van der Waals surface area contributed by atoms with Gasteiger partial charge >= 0.3 is 0 Å². The summed E-state index contributed by atoms with van der Waals surface area (Å²) in [7, 11) is 5.22. The highest BCUT2D eigenvalue weighted by atomic mass is 16.5.